The smallest absolute Gasteiger partial charge is 0.226 e. The Labute approximate surface area is 169 Å². The Hall–Kier alpha value is -2.62. The van der Waals surface area contributed by atoms with E-state index in [1.165, 1.54) is 0 Å². The van der Waals surface area contributed by atoms with E-state index in [9.17, 15) is 9.59 Å². The number of anilines is 1. The lowest BCUT2D eigenvalue weighted by molar-refractivity contribution is -0.129. The van der Waals surface area contributed by atoms with Crippen molar-refractivity contribution >= 4 is 17.5 Å². The zero-order valence-electron chi connectivity index (χ0n) is 17.7. The summed E-state index contributed by atoms with van der Waals surface area (Å²) in [6.45, 7) is 11.0. The Kier molecular flexibility index (Phi) is 7.80. The lowest BCUT2D eigenvalue weighted by atomic mass is 9.92. The molecule has 2 aromatic rings. The minimum Gasteiger partial charge on any atom is -0.338 e. The average Bonchev–Trinajstić information content (AvgIpc) is 2.65. The van der Waals surface area contributed by atoms with Gasteiger partial charge in [-0.15, -0.1) is 0 Å². The van der Waals surface area contributed by atoms with Crippen molar-refractivity contribution in [1.82, 2.24) is 4.90 Å². The highest BCUT2D eigenvalue weighted by atomic mass is 16.2. The quantitative estimate of drug-likeness (QED) is 0.674. The molecule has 2 rings (SSSR count). The molecule has 0 unspecified atom stereocenters. The average molecular weight is 381 g/mol. The fourth-order valence-electron chi connectivity index (χ4n) is 3.29. The van der Waals surface area contributed by atoms with Gasteiger partial charge in [-0.25, -0.2) is 0 Å². The van der Waals surface area contributed by atoms with Crippen LogP contribution in [0.5, 0.6) is 0 Å². The van der Waals surface area contributed by atoms with Crippen molar-refractivity contribution in [2.45, 2.75) is 59.4 Å². The molecule has 0 saturated carbocycles. The Morgan fingerprint density at radius 3 is 1.96 bits per heavy atom. The van der Waals surface area contributed by atoms with Crippen LogP contribution in [0, 0.1) is 0 Å². The number of rotatable bonds is 8. The molecule has 0 aliphatic rings. The first kappa shape index (κ1) is 21.7. The predicted octanol–water partition coefficient (Wildman–Crippen LogP) is 5.31. The summed E-state index contributed by atoms with van der Waals surface area (Å²) in [5.74, 6) is 0.554. The van der Waals surface area contributed by atoms with Crippen LogP contribution in [0.25, 0.3) is 0 Å². The van der Waals surface area contributed by atoms with Gasteiger partial charge in [0.25, 0.3) is 0 Å². The van der Waals surface area contributed by atoms with Crippen LogP contribution in [0.4, 0.5) is 5.69 Å². The summed E-state index contributed by atoms with van der Waals surface area (Å²) < 4.78 is 0. The Morgan fingerprint density at radius 1 is 0.893 bits per heavy atom. The number of carbonyl (C=O) groups excluding carboxylic acids is 2. The van der Waals surface area contributed by atoms with Crippen LogP contribution in [-0.4, -0.2) is 23.3 Å². The van der Waals surface area contributed by atoms with E-state index >= 15 is 0 Å². The second-order valence-electron chi connectivity index (χ2n) is 7.85. The van der Waals surface area contributed by atoms with Gasteiger partial charge < -0.3 is 10.2 Å². The van der Waals surface area contributed by atoms with E-state index in [-0.39, 0.29) is 18.2 Å². The van der Waals surface area contributed by atoms with Crippen molar-refractivity contribution in [3.8, 4) is 0 Å². The van der Waals surface area contributed by atoms with Crippen molar-refractivity contribution < 1.29 is 9.59 Å². The topological polar surface area (TPSA) is 49.4 Å². The van der Waals surface area contributed by atoms with Gasteiger partial charge in [-0.05, 0) is 28.5 Å². The monoisotopic (exact) mass is 380 g/mol. The van der Waals surface area contributed by atoms with Crippen LogP contribution >= 0.6 is 0 Å². The molecule has 2 amide bonds. The van der Waals surface area contributed by atoms with Crippen molar-refractivity contribution in [2.24, 2.45) is 0 Å². The summed E-state index contributed by atoms with van der Waals surface area (Å²) in [6, 6.07) is 16.0. The van der Waals surface area contributed by atoms with Gasteiger partial charge >= 0.3 is 0 Å². The number of hydrogen-bond donors (Lipinski definition) is 1. The van der Waals surface area contributed by atoms with E-state index < -0.39 is 0 Å². The van der Waals surface area contributed by atoms with Gasteiger partial charge in [0.15, 0.2) is 0 Å². The molecular formula is C24H32N2O2. The van der Waals surface area contributed by atoms with Crippen molar-refractivity contribution in [2.75, 3.05) is 11.9 Å². The third kappa shape index (κ3) is 5.95. The first-order valence-corrected chi connectivity index (χ1v) is 10.0. The highest BCUT2D eigenvalue weighted by Crippen LogP contribution is 2.32. The minimum atomic E-state index is -0.0608. The van der Waals surface area contributed by atoms with Gasteiger partial charge in [-0.1, -0.05) is 76.2 Å². The molecule has 4 heteroatoms. The van der Waals surface area contributed by atoms with E-state index in [2.05, 4.69) is 51.2 Å². The highest BCUT2D eigenvalue weighted by molar-refractivity contribution is 5.93. The molecule has 0 radical (unpaired) electrons. The van der Waals surface area contributed by atoms with Crippen molar-refractivity contribution in [3.05, 3.63) is 65.2 Å². The summed E-state index contributed by atoms with van der Waals surface area (Å²) in [7, 11) is 0. The zero-order valence-corrected chi connectivity index (χ0v) is 17.7. The van der Waals surface area contributed by atoms with Crippen LogP contribution in [0.3, 0.4) is 0 Å². The van der Waals surface area contributed by atoms with Crippen molar-refractivity contribution in [3.63, 3.8) is 0 Å². The first-order chi connectivity index (χ1) is 13.3. The molecule has 0 aliphatic heterocycles. The molecule has 2 aromatic carbocycles. The van der Waals surface area contributed by atoms with Gasteiger partial charge in [0.05, 0.1) is 0 Å². The van der Waals surface area contributed by atoms with E-state index in [0.29, 0.717) is 24.9 Å². The van der Waals surface area contributed by atoms with Gasteiger partial charge in [-0.3, -0.25) is 9.59 Å². The van der Waals surface area contributed by atoms with E-state index in [1.807, 2.05) is 30.3 Å². The molecule has 150 valence electrons. The minimum absolute atomic E-state index is 0.0258. The highest BCUT2D eigenvalue weighted by Gasteiger charge is 2.17. The molecule has 0 fully saturated rings. The Balaban J connectivity index is 2.08. The third-order valence-corrected chi connectivity index (χ3v) is 4.91. The number of amides is 2. The maximum absolute atomic E-state index is 12.7. The summed E-state index contributed by atoms with van der Waals surface area (Å²) in [4.78, 5) is 26.4. The van der Waals surface area contributed by atoms with E-state index in [0.717, 1.165) is 22.4 Å². The lowest BCUT2D eigenvalue weighted by Crippen LogP contribution is -2.31. The second-order valence-corrected chi connectivity index (χ2v) is 7.85. The van der Waals surface area contributed by atoms with Crippen LogP contribution in [0.15, 0.2) is 48.5 Å². The predicted molar refractivity (Wildman–Crippen MR) is 115 cm³/mol. The van der Waals surface area contributed by atoms with E-state index in [1.54, 1.807) is 11.8 Å². The fourth-order valence-corrected chi connectivity index (χ4v) is 3.29. The molecule has 0 bridgehead atoms. The molecule has 0 aliphatic carbocycles. The third-order valence-electron chi connectivity index (χ3n) is 4.91. The van der Waals surface area contributed by atoms with Crippen LogP contribution in [0.1, 0.15) is 69.6 Å². The fraction of sp³-hybridized carbons (Fsp3) is 0.417. The van der Waals surface area contributed by atoms with Crippen molar-refractivity contribution in [1.29, 1.82) is 0 Å². The van der Waals surface area contributed by atoms with Gasteiger partial charge in [-0.2, -0.15) is 0 Å². The second kappa shape index (κ2) is 10.1. The maximum atomic E-state index is 12.7. The number of benzene rings is 2. The summed E-state index contributed by atoms with van der Waals surface area (Å²) in [6.07, 6.45) is 0.274. The summed E-state index contributed by atoms with van der Waals surface area (Å²) >= 11 is 0. The number of hydrogen-bond acceptors (Lipinski definition) is 2. The molecule has 0 atom stereocenters. The zero-order chi connectivity index (χ0) is 20.7. The molecule has 4 nitrogen and oxygen atoms in total. The van der Waals surface area contributed by atoms with Crippen LogP contribution in [0.2, 0.25) is 0 Å². The standard InChI is InChI=1S/C24H32N2O2/c1-17(2)21-12-9-13-22(18(3)4)24(21)25-23(28)14-15-26(19(5)27)16-20-10-7-6-8-11-20/h6-13,17-18H,14-16H2,1-5H3,(H,25,28). The summed E-state index contributed by atoms with van der Waals surface area (Å²) in [5, 5.41) is 3.12. The molecule has 0 aromatic heterocycles. The molecule has 0 spiro atoms. The summed E-state index contributed by atoms with van der Waals surface area (Å²) in [5.41, 5.74) is 4.28. The normalized spacial score (nSPS) is 11.0. The number of nitrogens with zero attached hydrogens (tertiary/aromatic N) is 1. The van der Waals surface area contributed by atoms with Crippen LogP contribution < -0.4 is 5.32 Å². The molecule has 0 heterocycles. The maximum Gasteiger partial charge on any atom is 0.226 e. The number of nitrogens with one attached hydrogen (secondary N) is 1. The Morgan fingerprint density at radius 2 is 1.46 bits per heavy atom. The molecule has 1 N–H and O–H groups in total. The SMILES string of the molecule is CC(=O)N(CCC(=O)Nc1c(C(C)C)cccc1C(C)C)Cc1ccccc1. The lowest BCUT2D eigenvalue weighted by Gasteiger charge is -2.23. The largest absolute Gasteiger partial charge is 0.338 e. The molecule has 28 heavy (non-hydrogen) atoms. The first-order valence-electron chi connectivity index (χ1n) is 10.0. The van der Waals surface area contributed by atoms with Crippen LogP contribution in [-0.2, 0) is 16.1 Å². The number of para-hydroxylation sites is 1. The van der Waals surface area contributed by atoms with Gasteiger partial charge in [0.1, 0.15) is 0 Å². The number of carbonyl (C=O) groups is 2. The van der Waals surface area contributed by atoms with E-state index in [4.69, 9.17) is 0 Å². The Bertz CT molecular complexity index is 771. The van der Waals surface area contributed by atoms with Gasteiger partial charge in [0.2, 0.25) is 11.8 Å². The van der Waals surface area contributed by atoms with Gasteiger partial charge in [0, 0.05) is 32.1 Å². The molecule has 0 saturated heterocycles. The molecular weight excluding hydrogens is 348 g/mol.